The maximum atomic E-state index is 12.3. The molecule has 2 N–H and O–H groups in total. The lowest BCUT2D eigenvalue weighted by Crippen LogP contribution is -2.48. The Morgan fingerprint density at radius 1 is 1.30 bits per heavy atom. The lowest BCUT2D eigenvalue weighted by molar-refractivity contribution is -0.143. The summed E-state index contributed by atoms with van der Waals surface area (Å²) in [5.74, 6) is -1.23. The van der Waals surface area contributed by atoms with Gasteiger partial charge in [-0.15, -0.1) is 11.8 Å². The van der Waals surface area contributed by atoms with Gasteiger partial charge in [-0.2, -0.15) is 0 Å². The number of benzene rings is 1. The van der Waals surface area contributed by atoms with E-state index in [9.17, 15) is 9.59 Å². The van der Waals surface area contributed by atoms with E-state index < -0.39 is 11.9 Å². The summed E-state index contributed by atoms with van der Waals surface area (Å²) in [5.41, 5.74) is 0. The Hall–Kier alpha value is -1.69. The summed E-state index contributed by atoms with van der Waals surface area (Å²) < 4.78 is 0.110. The zero-order valence-electron chi connectivity index (χ0n) is 13.0. The minimum absolute atomic E-state index is 0.110. The predicted molar refractivity (Wildman–Crippen MR) is 89.6 cm³/mol. The summed E-state index contributed by atoms with van der Waals surface area (Å²) in [6.45, 7) is 1.61. The first-order chi connectivity index (χ1) is 11.1. The highest BCUT2D eigenvalue weighted by Crippen LogP contribution is 2.51. The van der Waals surface area contributed by atoms with E-state index in [1.54, 1.807) is 4.90 Å². The van der Waals surface area contributed by atoms with Gasteiger partial charge in [-0.3, -0.25) is 4.79 Å². The number of nitrogens with zero attached hydrogens (tertiary/aromatic N) is 1. The summed E-state index contributed by atoms with van der Waals surface area (Å²) in [5, 5.41) is 12.1. The second kappa shape index (κ2) is 6.83. The minimum Gasteiger partial charge on any atom is -0.481 e. The van der Waals surface area contributed by atoms with E-state index in [2.05, 4.69) is 17.4 Å². The average molecular weight is 334 g/mol. The van der Waals surface area contributed by atoms with Gasteiger partial charge in [0.2, 0.25) is 0 Å². The van der Waals surface area contributed by atoms with Crippen LogP contribution in [0, 0.1) is 5.92 Å². The third-order valence-electron chi connectivity index (χ3n) is 4.50. The topological polar surface area (TPSA) is 69.6 Å². The van der Waals surface area contributed by atoms with Crippen LogP contribution in [0.25, 0.3) is 0 Å². The molecule has 0 spiro atoms. The van der Waals surface area contributed by atoms with Gasteiger partial charge >= 0.3 is 12.0 Å². The molecule has 1 saturated heterocycles. The van der Waals surface area contributed by atoms with E-state index in [1.807, 2.05) is 30.0 Å². The second-order valence-electron chi connectivity index (χ2n) is 6.38. The van der Waals surface area contributed by atoms with E-state index in [4.69, 9.17) is 5.11 Å². The SMILES string of the molecule is O=C(O)C1CCCN(C(=O)NCC2(Sc3ccccc3)CC2)C1. The third-order valence-corrected chi connectivity index (χ3v) is 6.00. The molecule has 0 radical (unpaired) electrons. The highest BCUT2D eigenvalue weighted by molar-refractivity contribution is 8.01. The molecule has 1 aromatic carbocycles. The fourth-order valence-corrected chi connectivity index (χ4v) is 4.15. The van der Waals surface area contributed by atoms with Gasteiger partial charge in [0.15, 0.2) is 0 Å². The standard InChI is InChI=1S/C17H22N2O3S/c20-15(21)13-5-4-10-19(11-13)16(22)18-12-17(8-9-17)23-14-6-2-1-3-7-14/h1-3,6-7,13H,4-5,8-12H2,(H,18,22)(H,20,21). The Bertz CT molecular complexity index is 574. The molecule has 1 aliphatic carbocycles. The van der Waals surface area contributed by atoms with Gasteiger partial charge in [0.25, 0.3) is 0 Å². The number of likely N-dealkylation sites (tertiary alicyclic amines) is 1. The van der Waals surface area contributed by atoms with Crippen LogP contribution in [0.1, 0.15) is 25.7 Å². The number of carboxylic acids is 1. The molecule has 1 saturated carbocycles. The lowest BCUT2D eigenvalue weighted by atomic mass is 9.99. The Morgan fingerprint density at radius 3 is 2.70 bits per heavy atom. The van der Waals surface area contributed by atoms with Crippen molar-refractivity contribution in [2.75, 3.05) is 19.6 Å². The van der Waals surface area contributed by atoms with E-state index in [-0.39, 0.29) is 10.8 Å². The number of carbonyl (C=O) groups excluding carboxylic acids is 1. The first kappa shape index (κ1) is 16.2. The lowest BCUT2D eigenvalue weighted by Gasteiger charge is -2.31. The van der Waals surface area contributed by atoms with Crippen molar-refractivity contribution < 1.29 is 14.7 Å². The van der Waals surface area contributed by atoms with Crippen molar-refractivity contribution in [1.29, 1.82) is 0 Å². The van der Waals surface area contributed by atoms with Crippen LogP contribution in [0.15, 0.2) is 35.2 Å². The number of piperidine rings is 1. The van der Waals surface area contributed by atoms with Gasteiger partial charge in [-0.1, -0.05) is 18.2 Å². The Morgan fingerprint density at radius 2 is 2.04 bits per heavy atom. The Labute approximate surface area is 140 Å². The molecule has 2 aliphatic rings. The number of carbonyl (C=O) groups is 2. The zero-order chi connectivity index (χ0) is 16.3. The molecular weight excluding hydrogens is 312 g/mol. The van der Waals surface area contributed by atoms with Crippen molar-refractivity contribution in [1.82, 2.24) is 10.2 Å². The number of rotatable bonds is 5. The molecule has 23 heavy (non-hydrogen) atoms. The molecule has 2 amide bonds. The van der Waals surface area contributed by atoms with Crippen molar-refractivity contribution in [2.45, 2.75) is 35.3 Å². The van der Waals surface area contributed by atoms with E-state index in [0.717, 1.165) is 19.3 Å². The Kier molecular flexibility index (Phi) is 4.80. The molecule has 1 aliphatic heterocycles. The van der Waals surface area contributed by atoms with Gasteiger partial charge in [0.1, 0.15) is 0 Å². The van der Waals surface area contributed by atoms with Crippen LogP contribution >= 0.6 is 11.8 Å². The van der Waals surface area contributed by atoms with Crippen LogP contribution in [0.3, 0.4) is 0 Å². The highest BCUT2D eigenvalue weighted by Gasteiger charge is 2.44. The molecule has 1 atom stereocenters. The highest BCUT2D eigenvalue weighted by atomic mass is 32.2. The van der Waals surface area contributed by atoms with Crippen LogP contribution in [0.5, 0.6) is 0 Å². The van der Waals surface area contributed by atoms with Crippen LogP contribution in [-0.4, -0.2) is 46.4 Å². The zero-order valence-corrected chi connectivity index (χ0v) is 13.8. The number of hydrogen-bond acceptors (Lipinski definition) is 3. The number of carboxylic acid groups (broad SMARTS) is 1. The van der Waals surface area contributed by atoms with Gasteiger partial charge in [0, 0.05) is 29.3 Å². The van der Waals surface area contributed by atoms with Crippen molar-refractivity contribution >= 4 is 23.8 Å². The maximum Gasteiger partial charge on any atom is 0.317 e. The van der Waals surface area contributed by atoms with E-state index in [0.29, 0.717) is 26.1 Å². The van der Waals surface area contributed by atoms with Crippen molar-refractivity contribution in [3.63, 3.8) is 0 Å². The molecule has 3 rings (SSSR count). The predicted octanol–water partition coefficient (Wildman–Crippen LogP) is 2.82. The van der Waals surface area contributed by atoms with Gasteiger partial charge in [0.05, 0.1) is 5.92 Å². The molecular formula is C17H22N2O3S. The van der Waals surface area contributed by atoms with Crippen LogP contribution < -0.4 is 5.32 Å². The first-order valence-corrected chi connectivity index (χ1v) is 8.89. The van der Waals surface area contributed by atoms with Gasteiger partial charge < -0.3 is 15.3 Å². The summed E-state index contributed by atoms with van der Waals surface area (Å²) >= 11 is 1.82. The number of nitrogens with one attached hydrogen (secondary N) is 1. The van der Waals surface area contributed by atoms with Crippen molar-refractivity contribution in [2.24, 2.45) is 5.92 Å². The average Bonchev–Trinajstić information content (AvgIpc) is 3.33. The molecule has 1 unspecified atom stereocenters. The third kappa shape index (κ3) is 4.19. The normalized spacial score (nSPS) is 22.4. The number of hydrogen-bond donors (Lipinski definition) is 2. The summed E-state index contributed by atoms with van der Waals surface area (Å²) in [6, 6.07) is 10.1. The summed E-state index contributed by atoms with van der Waals surface area (Å²) in [7, 11) is 0. The molecule has 1 aromatic rings. The molecule has 6 heteroatoms. The molecule has 0 bridgehead atoms. The molecule has 124 valence electrons. The van der Waals surface area contributed by atoms with E-state index in [1.165, 1.54) is 4.90 Å². The summed E-state index contributed by atoms with van der Waals surface area (Å²) in [6.07, 6.45) is 3.62. The van der Waals surface area contributed by atoms with Crippen molar-refractivity contribution in [3.8, 4) is 0 Å². The monoisotopic (exact) mass is 334 g/mol. The number of urea groups is 1. The van der Waals surface area contributed by atoms with Crippen LogP contribution in [0.4, 0.5) is 4.79 Å². The quantitative estimate of drug-likeness (QED) is 0.869. The largest absolute Gasteiger partial charge is 0.481 e. The van der Waals surface area contributed by atoms with Gasteiger partial charge in [-0.05, 0) is 37.8 Å². The molecule has 5 nitrogen and oxygen atoms in total. The summed E-state index contributed by atoms with van der Waals surface area (Å²) in [4.78, 5) is 26.3. The van der Waals surface area contributed by atoms with E-state index >= 15 is 0 Å². The number of amides is 2. The number of aliphatic carboxylic acids is 1. The smallest absolute Gasteiger partial charge is 0.317 e. The second-order valence-corrected chi connectivity index (χ2v) is 7.92. The fourth-order valence-electron chi connectivity index (χ4n) is 2.90. The fraction of sp³-hybridized carbons (Fsp3) is 0.529. The molecule has 1 heterocycles. The molecule has 2 fully saturated rings. The number of thioether (sulfide) groups is 1. The van der Waals surface area contributed by atoms with Crippen molar-refractivity contribution in [3.05, 3.63) is 30.3 Å². The molecule has 0 aromatic heterocycles. The first-order valence-electron chi connectivity index (χ1n) is 8.08. The minimum atomic E-state index is -0.805. The Balaban J connectivity index is 1.50. The van der Waals surface area contributed by atoms with Crippen LogP contribution in [0.2, 0.25) is 0 Å². The van der Waals surface area contributed by atoms with Gasteiger partial charge in [-0.25, -0.2) is 4.79 Å². The maximum absolute atomic E-state index is 12.3. The van der Waals surface area contributed by atoms with Crippen LogP contribution in [-0.2, 0) is 4.79 Å².